The number of carbonyl (C=O) groups excluding carboxylic acids is 1. The van der Waals surface area contributed by atoms with E-state index in [1.807, 2.05) is 80.6 Å². The van der Waals surface area contributed by atoms with Crippen LogP contribution in [0.5, 0.6) is 5.75 Å². The van der Waals surface area contributed by atoms with Crippen LogP contribution in [0, 0.1) is 25.2 Å². The van der Waals surface area contributed by atoms with Gasteiger partial charge in [0.2, 0.25) is 0 Å². The molecule has 1 amide bonds. The fourth-order valence-corrected chi connectivity index (χ4v) is 2.66. The lowest BCUT2D eigenvalue weighted by Gasteiger charge is -2.07. The minimum absolute atomic E-state index is 0.0406. The summed E-state index contributed by atoms with van der Waals surface area (Å²) in [6, 6.07) is 24.9. The summed E-state index contributed by atoms with van der Waals surface area (Å²) in [6.07, 6.45) is 1.56. The zero-order valence-electron chi connectivity index (χ0n) is 16.5. The van der Waals surface area contributed by atoms with Crippen molar-refractivity contribution >= 4 is 17.7 Å². The normalized spacial score (nSPS) is 10.9. The van der Waals surface area contributed by atoms with Crippen LogP contribution in [0.3, 0.4) is 0 Å². The molecule has 0 spiro atoms. The van der Waals surface area contributed by atoms with Gasteiger partial charge in [-0.1, -0.05) is 59.7 Å². The summed E-state index contributed by atoms with van der Waals surface area (Å²) >= 11 is 0. The summed E-state index contributed by atoms with van der Waals surface area (Å²) < 4.78 is 5.79. The van der Waals surface area contributed by atoms with Crippen molar-refractivity contribution in [3.63, 3.8) is 0 Å². The van der Waals surface area contributed by atoms with Gasteiger partial charge < -0.3 is 10.1 Å². The first kappa shape index (κ1) is 19.9. The molecule has 3 aromatic rings. The molecule has 0 saturated carbocycles. The van der Waals surface area contributed by atoms with Gasteiger partial charge in [-0.25, -0.2) is 0 Å². The van der Waals surface area contributed by atoms with E-state index in [2.05, 4.69) is 17.4 Å². The highest BCUT2D eigenvalue weighted by Crippen LogP contribution is 2.17. The molecule has 0 heterocycles. The van der Waals surface area contributed by atoms with Gasteiger partial charge >= 0.3 is 0 Å². The number of nitrogens with zero attached hydrogens (tertiary/aromatic N) is 1. The quantitative estimate of drug-likeness (QED) is 0.457. The van der Waals surface area contributed by atoms with Crippen LogP contribution in [-0.2, 0) is 11.4 Å². The molecule has 0 radical (unpaired) electrons. The van der Waals surface area contributed by atoms with E-state index in [0.717, 1.165) is 22.4 Å². The van der Waals surface area contributed by atoms with Crippen LogP contribution >= 0.6 is 0 Å². The topological polar surface area (TPSA) is 62.1 Å². The van der Waals surface area contributed by atoms with Crippen molar-refractivity contribution in [2.45, 2.75) is 20.5 Å². The average Bonchev–Trinajstić information content (AvgIpc) is 2.74. The third-order valence-corrected chi connectivity index (χ3v) is 4.39. The first-order valence-electron chi connectivity index (χ1n) is 9.32. The Kier molecular flexibility index (Phi) is 6.44. The Bertz CT molecular complexity index is 1040. The maximum absolute atomic E-state index is 12.4. The lowest BCUT2D eigenvalue weighted by atomic mass is 10.1. The molecule has 144 valence electrons. The number of anilines is 1. The number of hydrogen-bond acceptors (Lipinski definition) is 3. The van der Waals surface area contributed by atoms with Crippen LogP contribution in [0.4, 0.5) is 5.69 Å². The lowest BCUT2D eigenvalue weighted by Crippen LogP contribution is -2.13. The second-order valence-electron chi connectivity index (χ2n) is 6.83. The van der Waals surface area contributed by atoms with Crippen molar-refractivity contribution in [2.24, 2.45) is 0 Å². The first-order chi connectivity index (χ1) is 14.0. The Hall–Kier alpha value is -3.84. The number of amides is 1. The van der Waals surface area contributed by atoms with E-state index >= 15 is 0 Å². The van der Waals surface area contributed by atoms with E-state index in [9.17, 15) is 10.1 Å². The summed E-state index contributed by atoms with van der Waals surface area (Å²) in [5.74, 6) is 0.293. The maximum atomic E-state index is 12.4. The standard InChI is InChI=1S/C25H22N2O2/c1-18-3-7-21(8-4-18)17-29-24-13-9-20(10-14-24)15-22(16-26)25(28)27-23-11-5-19(2)6-12-23/h3-15H,17H2,1-2H3,(H,27,28)/b22-15+. The molecule has 0 aliphatic heterocycles. The average molecular weight is 382 g/mol. The van der Waals surface area contributed by atoms with Crippen LogP contribution < -0.4 is 10.1 Å². The van der Waals surface area contributed by atoms with Gasteiger partial charge in [0.15, 0.2) is 0 Å². The minimum Gasteiger partial charge on any atom is -0.489 e. The fraction of sp³-hybridized carbons (Fsp3) is 0.120. The summed E-state index contributed by atoms with van der Waals surface area (Å²) in [6.45, 7) is 4.51. The summed E-state index contributed by atoms with van der Waals surface area (Å²) in [5, 5.41) is 12.1. The number of aryl methyl sites for hydroxylation is 2. The van der Waals surface area contributed by atoms with Crippen LogP contribution in [0.1, 0.15) is 22.3 Å². The first-order valence-corrected chi connectivity index (χ1v) is 9.32. The van der Waals surface area contributed by atoms with Gasteiger partial charge in [-0.3, -0.25) is 4.79 Å². The monoisotopic (exact) mass is 382 g/mol. The van der Waals surface area contributed by atoms with E-state index in [4.69, 9.17) is 4.74 Å². The molecule has 29 heavy (non-hydrogen) atoms. The maximum Gasteiger partial charge on any atom is 0.266 e. The molecule has 0 atom stereocenters. The second-order valence-corrected chi connectivity index (χ2v) is 6.83. The zero-order chi connectivity index (χ0) is 20.6. The van der Waals surface area contributed by atoms with Crippen LogP contribution in [0.15, 0.2) is 78.4 Å². The van der Waals surface area contributed by atoms with Crippen molar-refractivity contribution in [3.05, 3.63) is 101 Å². The number of carbonyl (C=O) groups is 1. The Morgan fingerprint density at radius 3 is 2.10 bits per heavy atom. The SMILES string of the molecule is Cc1ccc(COc2ccc(/C=C(\C#N)C(=O)Nc3ccc(C)cc3)cc2)cc1. The molecule has 4 heteroatoms. The number of rotatable bonds is 6. The van der Waals surface area contributed by atoms with Crippen LogP contribution in [0.25, 0.3) is 6.08 Å². The summed E-state index contributed by atoms with van der Waals surface area (Å²) in [7, 11) is 0. The smallest absolute Gasteiger partial charge is 0.266 e. The van der Waals surface area contributed by atoms with Gasteiger partial charge in [-0.2, -0.15) is 5.26 Å². The zero-order valence-corrected chi connectivity index (χ0v) is 16.5. The highest BCUT2D eigenvalue weighted by molar-refractivity contribution is 6.09. The molecule has 0 aliphatic carbocycles. The summed E-state index contributed by atoms with van der Waals surface area (Å²) in [4.78, 5) is 12.4. The number of nitriles is 1. The van der Waals surface area contributed by atoms with Crippen molar-refractivity contribution in [3.8, 4) is 11.8 Å². The fourth-order valence-electron chi connectivity index (χ4n) is 2.66. The largest absolute Gasteiger partial charge is 0.489 e. The Labute approximate surface area is 171 Å². The van der Waals surface area contributed by atoms with Gasteiger partial charge in [0.05, 0.1) is 0 Å². The minimum atomic E-state index is -0.434. The molecule has 0 saturated heterocycles. The van der Waals surface area contributed by atoms with E-state index in [1.165, 1.54) is 5.56 Å². The number of hydrogen-bond donors (Lipinski definition) is 1. The number of ether oxygens (including phenoxy) is 1. The number of benzene rings is 3. The molecule has 1 N–H and O–H groups in total. The highest BCUT2D eigenvalue weighted by Gasteiger charge is 2.09. The molecule has 0 bridgehead atoms. The molecule has 0 fully saturated rings. The summed E-state index contributed by atoms with van der Waals surface area (Å²) in [5.41, 5.74) is 4.86. The third-order valence-electron chi connectivity index (χ3n) is 4.39. The Morgan fingerprint density at radius 2 is 1.52 bits per heavy atom. The van der Waals surface area contributed by atoms with E-state index < -0.39 is 5.91 Å². The van der Waals surface area contributed by atoms with Crippen molar-refractivity contribution in [1.82, 2.24) is 0 Å². The molecule has 3 aromatic carbocycles. The third kappa shape index (κ3) is 5.82. The van der Waals surface area contributed by atoms with Crippen LogP contribution in [0.2, 0.25) is 0 Å². The van der Waals surface area contributed by atoms with Gasteiger partial charge in [0, 0.05) is 5.69 Å². The molecule has 0 unspecified atom stereocenters. The lowest BCUT2D eigenvalue weighted by molar-refractivity contribution is -0.112. The van der Waals surface area contributed by atoms with E-state index in [-0.39, 0.29) is 5.57 Å². The number of nitrogens with one attached hydrogen (secondary N) is 1. The van der Waals surface area contributed by atoms with Crippen molar-refractivity contribution in [2.75, 3.05) is 5.32 Å². The van der Waals surface area contributed by atoms with Crippen LogP contribution in [-0.4, -0.2) is 5.91 Å². The Balaban J connectivity index is 1.63. The second kappa shape index (κ2) is 9.38. The molecule has 4 nitrogen and oxygen atoms in total. The molecular formula is C25H22N2O2. The predicted octanol–water partition coefficient (Wildman–Crippen LogP) is 5.43. The van der Waals surface area contributed by atoms with Gasteiger partial charge in [-0.15, -0.1) is 0 Å². The van der Waals surface area contributed by atoms with Crippen molar-refractivity contribution in [1.29, 1.82) is 5.26 Å². The molecule has 3 rings (SSSR count). The van der Waals surface area contributed by atoms with Gasteiger partial charge in [0.25, 0.3) is 5.91 Å². The Morgan fingerprint density at radius 1 is 0.931 bits per heavy atom. The molecular weight excluding hydrogens is 360 g/mol. The van der Waals surface area contributed by atoms with Crippen molar-refractivity contribution < 1.29 is 9.53 Å². The highest BCUT2D eigenvalue weighted by atomic mass is 16.5. The predicted molar refractivity (Wildman–Crippen MR) is 115 cm³/mol. The van der Waals surface area contributed by atoms with Gasteiger partial charge in [-0.05, 0) is 55.3 Å². The van der Waals surface area contributed by atoms with Gasteiger partial charge in [0.1, 0.15) is 24.0 Å². The van der Waals surface area contributed by atoms with E-state index in [0.29, 0.717) is 12.3 Å². The molecule has 0 aliphatic rings. The van der Waals surface area contributed by atoms with E-state index in [1.54, 1.807) is 6.08 Å². The molecule has 0 aromatic heterocycles.